The maximum atomic E-state index is 12.1. The van der Waals surface area contributed by atoms with Gasteiger partial charge in [-0.1, -0.05) is 6.92 Å². The van der Waals surface area contributed by atoms with Crippen molar-refractivity contribution in [1.29, 1.82) is 0 Å². The molecular formula is C16H16N2O3. The highest BCUT2D eigenvalue weighted by Crippen LogP contribution is 2.42. The van der Waals surface area contributed by atoms with Crippen LogP contribution in [0, 0.1) is 0 Å². The van der Waals surface area contributed by atoms with Crippen LogP contribution in [0.3, 0.4) is 0 Å². The van der Waals surface area contributed by atoms with Crippen molar-refractivity contribution in [3.05, 3.63) is 48.3 Å². The number of carbonyl (C=O) groups is 1. The van der Waals surface area contributed by atoms with E-state index in [2.05, 4.69) is 10.3 Å². The van der Waals surface area contributed by atoms with Crippen LogP contribution in [0.15, 0.2) is 42.7 Å². The molecule has 0 radical (unpaired) electrons. The molecule has 1 aromatic carbocycles. The normalized spacial score (nSPS) is 19.3. The molecule has 3 rings (SSSR count). The fourth-order valence-electron chi connectivity index (χ4n) is 2.09. The second kappa shape index (κ2) is 5.09. The molecule has 0 saturated carbocycles. The van der Waals surface area contributed by atoms with Gasteiger partial charge in [-0.25, -0.2) is 0 Å². The van der Waals surface area contributed by atoms with Crippen LogP contribution in [-0.2, 0) is 0 Å². The van der Waals surface area contributed by atoms with Crippen molar-refractivity contribution in [2.45, 2.75) is 26.1 Å². The number of nitrogens with one attached hydrogen (secondary N) is 1. The minimum absolute atomic E-state index is 0.186. The van der Waals surface area contributed by atoms with E-state index in [1.165, 1.54) is 0 Å². The van der Waals surface area contributed by atoms with Crippen LogP contribution in [0.1, 0.15) is 30.6 Å². The van der Waals surface area contributed by atoms with Crippen LogP contribution in [0.4, 0.5) is 5.69 Å². The van der Waals surface area contributed by atoms with Crippen molar-refractivity contribution >= 4 is 11.6 Å². The van der Waals surface area contributed by atoms with Crippen molar-refractivity contribution in [3.63, 3.8) is 0 Å². The third-order valence-corrected chi connectivity index (χ3v) is 3.44. The van der Waals surface area contributed by atoms with Crippen LogP contribution in [0.5, 0.6) is 11.5 Å². The van der Waals surface area contributed by atoms with E-state index in [0.717, 1.165) is 6.42 Å². The summed E-state index contributed by atoms with van der Waals surface area (Å²) >= 11 is 0. The Bertz CT molecular complexity index is 672. The van der Waals surface area contributed by atoms with E-state index in [1.807, 2.05) is 13.8 Å². The lowest BCUT2D eigenvalue weighted by atomic mass is 10.2. The largest absolute Gasteiger partial charge is 0.449 e. The summed E-state index contributed by atoms with van der Waals surface area (Å²) in [6.07, 6.45) is 3.91. The summed E-state index contributed by atoms with van der Waals surface area (Å²) in [7, 11) is 0. The number of amides is 1. The highest BCUT2D eigenvalue weighted by molar-refractivity contribution is 6.04. The molecule has 108 valence electrons. The molecule has 5 nitrogen and oxygen atoms in total. The van der Waals surface area contributed by atoms with Gasteiger partial charge in [0.15, 0.2) is 11.5 Å². The number of fused-ring (bicyclic) bond motifs is 1. The lowest BCUT2D eigenvalue weighted by Crippen LogP contribution is -2.33. The summed E-state index contributed by atoms with van der Waals surface area (Å²) in [5.41, 5.74) is 1.22. The lowest BCUT2D eigenvalue weighted by Gasteiger charge is -2.20. The minimum Gasteiger partial charge on any atom is -0.449 e. The third-order valence-electron chi connectivity index (χ3n) is 3.44. The first-order valence-electron chi connectivity index (χ1n) is 6.83. The van der Waals surface area contributed by atoms with Gasteiger partial charge in [-0.15, -0.1) is 0 Å². The van der Waals surface area contributed by atoms with Gasteiger partial charge in [-0.2, -0.15) is 0 Å². The van der Waals surface area contributed by atoms with Crippen LogP contribution >= 0.6 is 0 Å². The Hall–Kier alpha value is -2.56. The predicted octanol–water partition coefficient (Wildman–Crippen LogP) is 3.23. The van der Waals surface area contributed by atoms with E-state index >= 15 is 0 Å². The number of hydrogen-bond acceptors (Lipinski definition) is 4. The predicted molar refractivity (Wildman–Crippen MR) is 78.6 cm³/mol. The first kappa shape index (κ1) is 13.4. The zero-order valence-corrected chi connectivity index (χ0v) is 11.9. The summed E-state index contributed by atoms with van der Waals surface area (Å²) in [4.78, 5) is 16.0. The van der Waals surface area contributed by atoms with Crippen molar-refractivity contribution in [1.82, 2.24) is 4.98 Å². The molecule has 1 amide bonds. The number of benzene rings is 1. The first-order valence-corrected chi connectivity index (χ1v) is 6.83. The summed E-state index contributed by atoms with van der Waals surface area (Å²) < 4.78 is 11.5. The molecule has 1 aliphatic heterocycles. The maximum absolute atomic E-state index is 12.1. The van der Waals surface area contributed by atoms with Crippen LogP contribution < -0.4 is 14.8 Å². The van der Waals surface area contributed by atoms with Gasteiger partial charge in [-0.3, -0.25) is 9.78 Å². The molecule has 2 heterocycles. The molecule has 0 aliphatic carbocycles. The van der Waals surface area contributed by atoms with E-state index < -0.39 is 5.79 Å². The fourth-order valence-corrected chi connectivity index (χ4v) is 2.09. The van der Waals surface area contributed by atoms with E-state index in [0.29, 0.717) is 22.7 Å². The lowest BCUT2D eigenvalue weighted by molar-refractivity contribution is -0.0640. The molecule has 5 heteroatoms. The van der Waals surface area contributed by atoms with Crippen LogP contribution in [-0.4, -0.2) is 16.7 Å². The van der Waals surface area contributed by atoms with Gasteiger partial charge >= 0.3 is 0 Å². The number of aromatic nitrogens is 1. The second-order valence-electron chi connectivity index (χ2n) is 5.04. The maximum Gasteiger partial charge on any atom is 0.255 e. The third kappa shape index (κ3) is 2.67. The van der Waals surface area contributed by atoms with Gasteiger partial charge in [-0.05, 0) is 24.3 Å². The molecule has 2 aromatic rings. The van der Waals surface area contributed by atoms with Gasteiger partial charge in [0.2, 0.25) is 5.79 Å². The quantitative estimate of drug-likeness (QED) is 0.940. The van der Waals surface area contributed by atoms with E-state index in [4.69, 9.17) is 9.47 Å². The molecule has 0 saturated heterocycles. The van der Waals surface area contributed by atoms with Gasteiger partial charge in [0.05, 0.1) is 0 Å². The van der Waals surface area contributed by atoms with Crippen molar-refractivity contribution in [3.8, 4) is 11.5 Å². The average molecular weight is 284 g/mol. The molecule has 21 heavy (non-hydrogen) atoms. The fraction of sp³-hybridized carbons (Fsp3) is 0.250. The first-order chi connectivity index (χ1) is 10.1. The standard InChI is InChI=1S/C16H16N2O3/c1-3-16(2)20-13-5-4-12(10-14(13)21-16)18-15(19)11-6-8-17-9-7-11/h4-10H,3H2,1-2H3,(H,18,19). The zero-order chi connectivity index (χ0) is 14.9. The van der Waals surface area contributed by atoms with Gasteiger partial charge < -0.3 is 14.8 Å². The molecular weight excluding hydrogens is 268 g/mol. The summed E-state index contributed by atoms with van der Waals surface area (Å²) in [5.74, 6) is 0.526. The van der Waals surface area contributed by atoms with E-state index in [9.17, 15) is 4.79 Å². The number of pyridine rings is 1. The Kier molecular flexibility index (Phi) is 3.25. The Morgan fingerprint density at radius 3 is 2.62 bits per heavy atom. The van der Waals surface area contributed by atoms with Crippen molar-refractivity contribution in [2.75, 3.05) is 5.32 Å². The Balaban J connectivity index is 1.78. The smallest absolute Gasteiger partial charge is 0.255 e. The zero-order valence-electron chi connectivity index (χ0n) is 11.9. The number of rotatable bonds is 3. The molecule has 1 aromatic heterocycles. The number of hydrogen-bond donors (Lipinski definition) is 1. The summed E-state index contributed by atoms with van der Waals surface area (Å²) in [6, 6.07) is 8.70. The average Bonchev–Trinajstić information content (AvgIpc) is 2.84. The summed E-state index contributed by atoms with van der Waals surface area (Å²) in [6.45, 7) is 3.89. The highest BCUT2D eigenvalue weighted by Gasteiger charge is 2.34. The number of ether oxygens (including phenoxy) is 2. The van der Waals surface area contributed by atoms with E-state index in [-0.39, 0.29) is 5.91 Å². The molecule has 0 spiro atoms. The topological polar surface area (TPSA) is 60.5 Å². The highest BCUT2D eigenvalue weighted by atomic mass is 16.7. The number of anilines is 1. The van der Waals surface area contributed by atoms with Crippen molar-refractivity contribution in [2.24, 2.45) is 0 Å². The summed E-state index contributed by atoms with van der Waals surface area (Å²) in [5, 5.41) is 2.83. The number of nitrogens with zero attached hydrogens (tertiary/aromatic N) is 1. The molecule has 1 unspecified atom stereocenters. The molecule has 1 aliphatic rings. The van der Waals surface area contributed by atoms with E-state index in [1.54, 1.807) is 42.7 Å². The minimum atomic E-state index is -0.629. The van der Waals surface area contributed by atoms with Crippen molar-refractivity contribution < 1.29 is 14.3 Å². The van der Waals surface area contributed by atoms with Crippen LogP contribution in [0.25, 0.3) is 0 Å². The second-order valence-corrected chi connectivity index (χ2v) is 5.04. The monoisotopic (exact) mass is 284 g/mol. The Morgan fingerprint density at radius 1 is 1.19 bits per heavy atom. The molecule has 0 fully saturated rings. The Morgan fingerprint density at radius 2 is 1.90 bits per heavy atom. The SMILES string of the molecule is CCC1(C)Oc2ccc(NC(=O)c3ccncc3)cc2O1. The molecule has 0 bridgehead atoms. The van der Waals surface area contributed by atoms with Crippen LogP contribution in [0.2, 0.25) is 0 Å². The molecule has 1 N–H and O–H groups in total. The van der Waals surface area contributed by atoms with Gasteiger partial charge in [0.1, 0.15) is 0 Å². The molecule has 1 atom stereocenters. The number of carbonyl (C=O) groups excluding carboxylic acids is 1. The van der Waals surface area contributed by atoms with Gasteiger partial charge in [0, 0.05) is 43.1 Å². The Labute approximate surface area is 122 Å². The van der Waals surface area contributed by atoms with Gasteiger partial charge in [0.25, 0.3) is 5.91 Å².